The third-order valence-electron chi connectivity index (χ3n) is 4.84. The molecule has 21 heavy (non-hydrogen) atoms. The van der Waals surface area contributed by atoms with Crippen molar-refractivity contribution in [1.82, 2.24) is 0 Å². The van der Waals surface area contributed by atoms with Crippen LogP contribution < -0.4 is 0 Å². The van der Waals surface area contributed by atoms with Crippen molar-refractivity contribution in [1.29, 1.82) is 0 Å². The number of Topliss-reactive ketones (excluding diaryl/α,β-unsaturated/α-hetero) is 1. The van der Waals surface area contributed by atoms with E-state index in [2.05, 4.69) is 6.92 Å². The van der Waals surface area contributed by atoms with Crippen LogP contribution in [0, 0.1) is 17.8 Å². The Morgan fingerprint density at radius 3 is 2.57 bits per heavy atom. The molecule has 0 spiro atoms. The van der Waals surface area contributed by atoms with E-state index in [1.165, 1.54) is 19.3 Å². The lowest BCUT2D eigenvalue weighted by Crippen LogP contribution is -2.25. The summed E-state index contributed by atoms with van der Waals surface area (Å²) in [7, 11) is 0. The van der Waals surface area contributed by atoms with Gasteiger partial charge in [0.05, 0.1) is 12.2 Å². The van der Waals surface area contributed by atoms with Crippen LogP contribution in [0.1, 0.15) is 65.2 Å². The Morgan fingerprint density at radius 1 is 1.24 bits per heavy atom. The third kappa shape index (κ3) is 5.51. The Balaban J connectivity index is 2.33. The summed E-state index contributed by atoms with van der Waals surface area (Å²) >= 11 is 0. The van der Waals surface area contributed by atoms with Crippen molar-refractivity contribution in [2.45, 2.75) is 77.4 Å². The van der Waals surface area contributed by atoms with Crippen LogP contribution in [-0.2, 0) is 9.59 Å². The normalized spacial score (nSPS) is 30.3. The van der Waals surface area contributed by atoms with Gasteiger partial charge in [0, 0.05) is 24.7 Å². The summed E-state index contributed by atoms with van der Waals surface area (Å²) in [5.41, 5.74) is 0. The molecule has 0 bridgehead atoms. The van der Waals surface area contributed by atoms with Crippen molar-refractivity contribution in [2.24, 2.45) is 17.8 Å². The van der Waals surface area contributed by atoms with Gasteiger partial charge >= 0.3 is 0 Å². The molecule has 1 aliphatic rings. The highest BCUT2D eigenvalue weighted by Crippen LogP contribution is 2.34. The SMILES string of the molecule is CCCCCCC(C)C(=O)CC[C@H]1[C@@H](C=O)[C@H](O)C[C@@H]1O. The van der Waals surface area contributed by atoms with Gasteiger partial charge in [-0.15, -0.1) is 0 Å². The van der Waals surface area contributed by atoms with Gasteiger partial charge < -0.3 is 15.0 Å². The lowest BCUT2D eigenvalue weighted by molar-refractivity contribution is -0.123. The largest absolute Gasteiger partial charge is 0.393 e. The standard InChI is InChI=1S/C17H30O4/c1-3-4-5-6-7-12(2)15(19)9-8-13-14(11-18)17(21)10-16(13)20/h11-14,16-17,20-21H,3-10H2,1-2H3/t12?,13-,14+,16-,17+/m0/s1. The second kappa shape index (κ2) is 9.31. The predicted octanol–water partition coefficient (Wildman–Crippen LogP) is 2.50. The number of aliphatic hydroxyl groups is 2. The monoisotopic (exact) mass is 298 g/mol. The first-order chi connectivity index (χ1) is 10.0. The van der Waals surface area contributed by atoms with Crippen LogP contribution in [0.4, 0.5) is 0 Å². The van der Waals surface area contributed by atoms with Gasteiger partial charge in [0.15, 0.2) is 0 Å². The molecule has 0 aliphatic heterocycles. The quantitative estimate of drug-likeness (QED) is 0.480. The summed E-state index contributed by atoms with van der Waals surface area (Å²) in [6.45, 7) is 4.13. The number of unbranched alkanes of at least 4 members (excludes halogenated alkanes) is 3. The highest BCUT2D eigenvalue weighted by Gasteiger charge is 2.41. The summed E-state index contributed by atoms with van der Waals surface area (Å²) in [6.07, 6.45) is 6.04. The van der Waals surface area contributed by atoms with Crippen molar-refractivity contribution in [2.75, 3.05) is 0 Å². The minimum Gasteiger partial charge on any atom is -0.393 e. The van der Waals surface area contributed by atoms with Crippen LogP contribution in [0.3, 0.4) is 0 Å². The van der Waals surface area contributed by atoms with Crippen molar-refractivity contribution in [3.8, 4) is 0 Å². The number of rotatable bonds is 10. The van der Waals surface area contributed by atoms with E-state index in [1.54, 1.807) is 0 Å². The molecule has 0 heterocycles. The number of carbonyl (C=O) groups is 2. The number of ketones is 1. The Kier molecular flexibility index (Phi) is 8.12. The second-order valence-electron chi connectivity index (χ2n) is 6.50. The van der Waals surface area contributed by atoms with Crippen molar-refractivity contribution >= 4 is 12.1 Å². The number of hydrogen-bond donors (Lipinski definition) is 2. The van der Waals surface area contributed by atoms with Crippen LogP contribution in [0.15, 0.2) is 0 Å². The Labute approximate surface area is 127 Å². The van der Waals surface area contributed by atoms with Gasteiger partial charge in [0.1, 0.15) is 12.1 Å². The van der Waals surface area contributed by atoms with Gasteiger partial charge in [0.2, 0.25) is 0 Å². The molecule has 5 atom stereocenters. The number of carbonyl (C=O) groups excluding carboxylic acids is 2. The average Bonchev–Trinajstić information content (AvgIpc) is 2.73. The first-order valence-electron chi connectivity index (χ1n) is 8.35. The van der Waals surface area contributed by atoms with E-state index in [1.807, 2.05) is 6.92 Å². The fourth-order valence-corrected chi connectivity index (χ4v) is 3.29. The topological polar surface area (TPSA) is 74.6 Å². The second-order valence-corrected chi connectivity index (χ2v) is 6.50. The minimum atomic E-state index is -0.760. The zero-order valence-corrected chi connectivity index (χ0v) is 13.3. The summed E-state index contributed by atoms with van der Waals surface area (Å²) in [5.74, 6) is -0.522. The smallest absolute Gasteiger partial charge is 0.135 e. The molecule has 1 aliphatic carbocycles. The first-order valence-corrected chi connectivity index (χ1v) is 8.35. The molecule has 122 valence electrons. The van der Waals surface area contributed by atoms with Gasteiger partial charge in [-0.25, -0.2) is 0 Å². The van der Waals surface area contributed by atoms with Gasteiger partial charge in [-0.05, 0) is 18.8 Å². The van der Waals surface area contributed by atoms with Crippen LogP contribution in [-0.4, -0.2) is 34.5 Å². The minimum absolute atomic E-state index is 0.0556. The predicted molar refractivity (Wildman–Crippen MR) is 81.8 cm³/mol. The van der Waals surface area contributed by atoms with Gasteiger partial charge in [-0.2, -0.15) is 0 Å². The molecule has 0 amide bonds. The Hall–Kier alpha value is -0.740. The Bertz CT molecular complexity index is 329. The molecular weight excluding hydrogens is 268 g/mol. The molecular formula is C17H30O4. The average molecular weight is 298 g/mol. The highest BCUT2D eigenvalue weighted by atomic mass is 16.3. The van der Waals surface area contributed by atoms with E-state index in [-0.39, 0.29) is 24.0 Å². The molecule has 1 saturated carbocycles. The van der Waals surface area contributed by atoms with Crippen molar-refractivity contribution in [3.05, 3.63) is 0 Å². The Morgan fingerprint density at radius 2 is 1.95 bits per heavy atom. The molecule has 0 radical (unpaired) electrons. The van der Waals surface area contributed by atoms with Crippen LogP contribution in [0.2, 0.25) is 0 Å². The molecule has 0 saturated heterocycles. The lowest BCUT2D eigenvalue weighted by atomic mass is 9.87. The van der Waals surface area contributed by atoms with E-state index in [4.69, 9.17) is 0 Å². The summed E-state index contributed by atoms with van der Waals surface area (Å²) in [5, 5.41) is 19.6. The molecule has 1 rings (SSSR count). The highest BCUT2D eigenvalue weighted by molar-refractivity contribution is 5.80. The van der Waals surface area contributed by atoms with E-state index in [9.17, 15) is 19.8 Å². The molecule has 4 heteroatoms. The van der Waals surface area contributed by atoms with E-state index in [0.717, 1.165) is 19.1 Å². The maximum atomic E-state index is 12.1. The van der Waals surface area contributed by atoms with Gasteiger partial charge in [-0.1, -0.05) is 39.5 Å². The van der Waals surface area contributed by atoms with E-state index in [0.29, 0.717) is 12.8 Å². The first kappa shape index (κ1) is 18.3. The van der Waals surface area contributed by atoms with Gasteiger partial charge in [0.25, 0.3) is 0 Å². The molecule has 2 N–H and O–H groups in total. The maximum Gasteiger partial charge on any atom is 0.135 e. The summed E-state index contributed by atoms with van der Waals surface area (Å²) < 4.78 is 0. The molecule has 4 nitrogen and oxygen atoms in total. The zero-order valence-electron chi connectivity index (χ0n) is 13.3. The van der Waals surface area contributed by atoms with Crippen molar-refractivity contribution < 1.29 is 19.8 Å². The molecule has 0 aromatic carbocycles. The van der Waals surface area contributed by atoms with Gasteiger partial charge in [-0.3, -0.25) is 4.79 Å². The van der Waals surface area contributed by atoms with Crippen LogP contribution in [0.25, 0.3) is 0 Å². The number of aldehydes is 1. The third-order valence-corrected chi connectivity index (χ3v) is 4.84. The lowest BCUT2D eigenvalue weighted by Gasteiger charge is -2.19. The summed E-state index contributed by atoms with van der Waals surface area (Å²) in [6, 6.07) is 0. The van der Waals surface area contributed by atoms with E-state index < -0.39 is 18.1 Å². The maximum absolute atomic E-state index is 12.1. The number of hydrogen-bond acceptors (Lipinski definition) is 4. The van der Waals surface area contributed by atoms with Crippen LogP contribution >= 0.6 is 0 Å². The van der Waals surface area contributed by atoms with Crippen molar-refractivity contribution in [3.63, 3.8) is 0 Å². The molecule has 1 fully saturated rings. The number of aliphatic hydroxyl groups excluding tert-OH is 2. The zero-order chi connectivity index (χ0) is 15.8. The molecule has 0 aromatic rings. The summed E-state index contributed by atoms with van der Waals surface area (Å²) in [4.78, 5) is 23.1. The molecule has 1 unspecified atom stereocenters. The fraction of sp³-hybridized carbons (Fsp3) is 0.882. The fourth-order valence-electron chi connectivity index (χ4n) is 3.29. The van der Waals surface area contributed by atoms with E-state index >= 15 is 0 Å². The van der Waals surface area contributed by atoms with Crippen LogP contribution in [0.5, 0.6) is 0 Å². The molecule has 0 aromatic heterocycles.